The second kappa shape index (κ2) is 6.75. The van der Waals surface area contributed by atoms with Gasteiger partial charge < -0.3 is 4.74 Å². The first-order valence-electron chi connectivity index (χ1n) is 7.62. The lowest BCUT2D eigenvalue weighted by Gasteiger charge is -2.44. The molecule has 0 aromatic heterocycles. The lowest BCUT2D eigenvalue weighted by molar-refractivity contribution is -0.317. The van der Waals surface area contributed by atoms with E-state index in [4.69, 9.17) is 0 Å². The number of ether oxygens (including phenoxy) is 1. The molecule has 0 aliphatic heterocycles. The number of esters is 1. The van der Waals surface area contributed by atoms with Crippen LogP contribution < -0.4 is 0 Å². The fourth-order valence-corrected chi connectivity index (χ4v) is 2.28. The highest BCUT2D eigenvalue weighted by Gasteiger charge is 2.61. The fourth-order valence-electron chi connectivity index (χ4n) is 2.28. The third kappa shape index (κ3) is 5.55. The standard InChI is InChI=1S/C16H26F6O2/c1-8-13(5,6)9-14(7,12(2,3)4)11(23)24-10(15(17,18)19)16(20,21)22/h10H,8-9H2,1-7H3. The van der Waals surface area contributed by atoms with E-state index in [1.54, 1.807) is 34.6 Å². The van der Waals surface area contributed by atoms with Crippen LogP contribution >= 0.6 is 0 Å². The van der Waals surface area contributed by atoms with Crippen molar-refractivity contribution in [1.29, 1.82) is 0 Å². The van der Waals surface area contributed by atoms with Crippen molar-refractivity contribution in [2.75, 3.05) is 0 Å². The summed E-state index contributed by atoms with van der Waals surface area (Å²) in [5.41, 5.74) is -2.85. The normalized spacial score (nSPS) is 16.9. The molecule has 0 bridgehead atoms. The number of rotatable bonds is 5. The van der Waals surface area contributed by atoms with Gasteiger partial charge in [-0.3, -0.25) is 4.79 Å². The van der Waals surface area contributed by atoms with Gasteiger partial charge in [-0.05, 0) is 24.2 Å². The molecule has 0 saturated heterocycles. The smallest absolute Gasteiger partial charge is 0.434 e. The minimum absolute atomic E-state index is 0.0985. The van der Waals surface area contributed by atoms with E-state index in [1.807, 2.05) is 6.92 Å². The van der Waals surface area contributed by atoms with Crippen molar-refractivity contribution in [3.8, 4) is 0 Å². The minimum Gasteiger partial charge on any atom is -0.442 e. The molecule has 0 rings (SSSR count). The van der Waals surface area contributed by atoms with Crippen LogP contribution in [-0.2, 0) is 9.53 Å². The summed E-state index contributed by atoms with van der Waals surface area (Å²) in [5, 5.41) is 0. The van der Waals surface area contributed by atoms with Gasteiger partial charge in [0.1, 0.15) is 0 Å². The number of carbonyl (C=O) groups excluding carboxylic acids is 1. The summed E-state index contributed by atoms with van der Waals surface area (Å²) < 4.78 is 80.0. The molecular weight excluding hydrogens is 338 g/mol. The SMILES string of the molecule is CCC(C)(C)CC(C)(C(=O)OC(C(F)(F)F)C(F)(F)F)C(C)(C)C. The molecule has 1 unspecified atom stereocenters. The molecule has 0 aliphatic rings. The Hall–Kier alpha value is -0.950. The minimum atomic E-state index is -5.72. The van der Waals surface area contributed by atoms with Crippen molar-refractivity contribution in [3.05, 3.63) is 0 Å². The maximum atomic E-state index is 12.7. The predicted octanol–water partition coefficient (Wildman–Crippen LogP) is 5.90. The second-order valence-electron chi connectivity index (χ2n) is 8.15. The Morgan fingerprint density at radius 3 is 1.50 bits per heavy atom. The maximum Gasteiger partial charge on any atom is 0.434 e. The third-order valence-corrected chi connectivity index (χ3v) is 4.71. The first-order valence-corrected chi connectivity index (χ1v) is 7.62. The van der Waals surface area contributed by atoms with Crippen molar-refractivity contribution in [3.63, 3.8) is 0 Å². The largest absolute Gasteiger partial charge is 0.442 e. The van der Waals surface area contributed by atoms with E-state index in [2.05, 4.69) is 4.74 Å². The van der Waals surface area contributed by atoms with Gasteiger partial charge in [0.05, 0.1) is 5.41 Å². The molecule has 0 N–H and O–H groups in total. The van der Waals surface area contributed by atoms with E-state index in [1.165, 1.54) is 6.92 Å². The Kier molecular flexibility index (Phi) is 6.48. The summed E-state index contributed by atoms with van der Waals surface area (Å²) in [4.78, 5) is 12.4. The van der Waals surface area contributed by atoms with Crippen LogP contribution in [0.3, 0.4) is 0 Å². The van der Waals surface area contributed by atoms with E-state index in [0.717, 1.165) is 0 Å². The van der Waals surface area contributed by atoms with Gasteiger partial charge in [-0.15, -0.1) is 0 Å². The molecule has 0 amide bonds. The molecule has 2 nitrogen and oxygen atoms in total. The van der Waals surface area contributed by atoms with Crippen LogP contribution in [0, 0.1) is 16.2 Å². The number of halogens is 6. The monoisotopic (exact) mass is 364 g/mol. The van der Waals surface area contributed by atoms with Gasteiger partial charge in [0.15, 0.2) is 0 Å². The lowest BCUT2D eigenvalue weighted by atomic mass is 9.60. The van der Waals surface area contributed by atoms with Crippen LogP contribution in [0.5, 0.6) is 0 Å². The molecule has 24 heavy (non-hydrogen) atoms. The number of hydrogen-bond donors (Lipinski definition) is 0. The van der Waals surface area contributed by atoms with Gasteiger partial charge in [0.2, 0.25) is 0 Å². The highest BCUT2D eigenvalue weighted by Crippen LogP contribution is 2.49. The van der Waals surface area contributed by atoms with E-state index in [9.17, 15) is 31.1 Å². The zero-order chi connectivity index (χ0) is 19.8. The Morgan fingerprint density at radius 2 is 1.25 bits per heavy atom. The third-order valence-electron chi connectivity index (χ3n) is 4.71. The first-order chi connectivity index (χ1) is 10.3. The van der Waals surface area contributed by atoms with Crippen LogP contribution in [0.4, 0.5) is 26.3 Å². The van der Waals surface area contributed by atoms with Gasteiger partial charge in [-0.25, -0.2) is 0 Å². The molecule has 0 spiro atoms. The topological polar surface area (TPSA) is 26.3 Å². The van der Waals surface area contributed by atoms with E-state index in [-0.39, 0.29) is 6.42 Å². The fraction of sp³-hybridized carbons (Fsp3) is 0.938. The second-order valence-corrected chi connectivity index (χ2v) is 8.15. The highest BCUT2D eigenvalue weighted by atomic mass is 19.4. The van der Waals surface area contributed by atoms with E-state index < -0.39 is 40.7 Å². The lowest BCUT2D eigenvalue weighted by Crippen LogP contribution is -2.51. The summed E-state index contributed by atoms with van der Waals surface area (Å²) >= 11 is 0. The molecule has 1 atom stereocenters. The van der Waals surface area contributed by atoms with Crippen LogP contribution in [0.2, 0.25) is 0 Å². The van der Waals surface area contributed by atoms with Crippen molar-refractivity contribution < 1.29 is 35.9 Å². The summed E-state index contributed by atoms with van der Waals surface area (Å²) in [6.45, 7) is 11.6. The average molecular weight is 364 g/mol. The quantitative estimate of drug-likeness (QED) is 0.448. The first kappa shape index (κ1) is 23.1. The van der Waals surface area contributed by atoms with Crippen molar-refractivity contribution in [1.82, 2.24) is 0 Å². The average Bonchev–Trinajstić information content (AvgIpc) is 2.30. The van der Waals surface area contributed by atoms with Crippen LogP contribution in [0.1, 0.15) is 61.3 Å². The number of alkyl halides is 6. The molecule has 0 aromatic rings. The van der Waals surface area contributed by atoms with Crippen LogP contribution in [-0.4, -0.2) is 24.4 Å². The molecular formula is C16H26F6O2. The number of hydrogen-bond acceptors (Lipinski definition) is 2. The Morgan fingerprint density at radius 1 is 0.875 bits per heavy atom. The highest BCUT2D eigenvalue weighted by molar-refractivity contribution is 5.77. The van der Waals surface area contributed by atoms with Gasteiger partial charge >= 0.3 is 18.3 Å². The predicted molar refractivity (Wildman–Crippen MR) is 78.2 cm³/mol. The molecule has 0 heterocycles. The van der Waals surface area contributed by atoms with Gasteiger partial charge in [-0.1, -0.05) is 48.0 Å². The molecule has 0 saturated carbocycles. The Balaban J connectivity index is 5.80. The van der Waals surface area contributed by atoms with Crippen LogP contribution in [0.15, 0.2) is 0 Å². The Bertz CT molecular complexity index is 431. The zero-order valence-electron chi connectivity index (χ0n) is 15.1. The van der Waals surface area contributed by atoms with Crippen molar-refractivity contribution in [2.45, 2.75) is 79.8 Å². The molecule has 144 valence electrons. The van der Waals surface area contributed by atoms with Gasteiger partial charge in [0.25, 0.3) is 6.10 Å². The van der Waals surface area contributed by atoms with Gasteiger partial charge in [-0.2, -0.15) is 26.3 Å². The summed E-state index contributed by atoms with van der Waals surface area (Å²) in [6, 6.07) is 0. The van der Waals surface area contributed by atoms with Crippen molar-refractivity contribution in [2.24, 2.45) is 16.2 Å². The van der Waals surface area contributed by atoms with Crippen molar-refractivity contribution >= 4 is 5.97 Å². The molecule has 0 aliphatic carbocycles. The molecule has 0 radical (unpaired) electrons. The molecule has 0 fully saturated rings. The maximum absolute atomic E-state index is 12.7. The molecule has 0 aromatic carbocycles. The van der Waals surface area contributed by atoms with E-state index in [0.29, 0.717) is 6.42 Å². The number of carbonyl (C=O) groups is 1. The summed E-state index contributed by atoms with van der Waals surface area (Å²) in [6.07, 6.45) is -14.8. The summed E-state index contributed by atoms with van der Waals surface area (Å²) in [5.74, 6) is -1.49. The zero-order valence-corrected chi connectivity index (χ0v) is 15.1. The Labute approximate surface area is 138 Å². The summed E-state index contributed by atoms with van der Waals surface area (Å²) in [7, 11) is 0. The van der Waals surface area contributed by atoms with Gasteiger partial charge in [0, 0.05) is 0 Å². The molecule has 8 heteroatoms. The van der Waals surface area contributed by atoms with Crippen LogP contribution in [0.25, 0.3) is 0 Å². The van der Waals surface area contributed by atoms with E-state index >= 15 is 0 Å².